The van der Waals surface area contributed by atoms with Crippen LogP contribution in [-0.4, -0.2) is 49.2 Å². The fourth-order valence-corrected chi connectivity index (χ4v) is 13.0. The van der Waals surface area contributed by atoms with Crippen LogP contribution in [0.5, 0.6) is 0 Å². The van der Waals surface area contributed by atoms with E-state index in [1.165, 1.54) is 6.42 Å². The van der Waals surface area contributed by atoms with Gasteiger partial charge in [0.05, 0.1) is 0 Å². The molecule has 0 bridgehead atoms. The highest BCUT2D eigenvalue weighted by atomic mass is 28.4. The largest absolute Gasteiger partial charge is 0.398 e. The Kier molecular flexibility index (Phi) is 8.95. The van der Waals surface area contributed by atoms with Crippen molar-refractivity contribution in [1.29, 1.82) is 0 Å². The SMILES string of the molecule is CO[Si](C)(CCCN(C)[Si](C(C)C)(C(C)C)C(C)C)OC. The van der Waals surface area contributed by atoms with E-state index in [9.17, 15) is 0 Å². The predicted octanol–water partition coefficient (Wildman–Crippen LogP) is 4.85. The minimum absolute atomic E-state index is 0.774. The summed E-state index contributed by atoms with van der Waals surface area (Å²) in [7, 11) is 2.53. The first kappa shape index (κ1) is 21.3. The van der Waals surface area contributed by atoms with Crippen molar-refractivity contribution in [3.63, 3.8) is 0 Å². The monoisotopic (exact) mass is 333 g/mol. The lowest BCUT2D eigenvalue weighted by atomic mass is 10.5. The van der Waals surface area contributed by atoms with Crippen LogP contribution >= 0.6 is 0 Å². The van der Waals surface area contributed by atoms with Gasteiger partial charge in [0, 0.05) is 14.2 Å². The topological polar surface area (TPSA) is 21.7 Å². The predicted molar refractivity (Wildman–Crippen MR) is 98.7 cm³/mol. The molecular formula is C16H39NO2Si2. The maximum Gasteiger partial charge on any atom is 0.334 e. The second-order valence-electron chi connectivity index (χ2n) is 7.42. The molecule has 0 aromatic heterocycles. The summed E-state index contributed by atoms with van der Waals surface area (Å²) in [5.74, 6) is 0. The molecule has 0 aromatic rings. The average Bonchev–Trinajstić information content (AvgIpc) is 2.37. The molecule has 0 amide bonds. The molecule has 0 aliphatic rings. The quantitative estimate of drug-likeness (QED) is 0.533. The third-order valence-corrected chi connectivity index (χ3v) is 15.5. The van der Waals surface area contributed by atoms with Crippen LogP contribution in [0.4, 0.5) is 0 Å². The van der Waals surface area contributed by atoms with E-state index in [-0.39, 0.29) is 0 Å². The van der Waals surface area contributed by atoms with Gasteiger partial charge >= 0.3 is 8.56 Å². The van der Waals surface area contributed by atoms with Crippen molar-refractivity contribution in [2.45, 2.75) is 77.2 Å². The Hall–Kier alpha value is 0.314. The zero-order valence-corrected chi connectivity index (χ0v) is 18.1. The molecule has 0 aliphatic carbocycles. The highest BCUT2D eigenvalue weighted by Crippen LogP contribution is 2.43. The lowest BCUT2D eigenvalue weighted by Gasteiger charge is -2.49. The van der Waals surface area contributed by atoms with Crippen molar-refractivity contribution in [3.05, 3.63) is 0 Å². The molecule has 0 rings (SSSR count). The van der Waals surface area contributed by atoms with Crippen LogP contribution in [0.15, 0.2) is 0 Å². The van der Waals surface area contributed by atoms with E-state index >= 15 is 0 Å². The van der Waals surface area contributed by atoms with Gasteiger partial charge in [-0.1, -0.05) is 41.5 Å². The van der Waals surface area contributed by atoms with E-state index < -0.39 is 16.8 Å². The van der Waals surface area contributed by atoms with Gasteiger partial charge in [-0.15, -0.1) is 0 Å². The molecule has 0 unspecified atom stereocenters. The molecule has 0 N–H and O–H groups in total. The molecule has 0 saturated carbocycles. The van der Waals surface area contributed by atoms with Gasteiger partial charge in [-0.2, -0.15) is 0 Å². The minimum atomic E-state index is -1.92. The van der Waals surface area contributed by atoms with E-state index in [0.717, 1.165) is 29.2 Å². The van der Waals surface area contributed by atoms with E-state index in [0.29, 0.717) is 0 Å². The van der Waals surface area contributed by atoms with Crippen LogP contribution in [0.2, 0.25) is 29.2 Å². The van der Waals surface area contributed by atoms with Crippen LogP contribution in [0.1, 0.15) is 48.0 Å². The summed E-state index contributed by atoms with van der Waals surface area (Å²) < 4.78 is 13.9. The Balaban J connectivity index is 4.90. The van der Waals surface area contributed by atoms with Gasteiger partial charge in [0.1, 0.15) is 8.24 Å². The van der Waals surface area contributed by atoms with E-state index in [1.54, 1.807) is 14.2 Å². The van der Waals surface area contributed by atoms with Crippen molar-refractivity contribution < 1.29 is 8.85 Å². The number of hydrogen-bond donors (Lipinski definition) is 0. The molecule has 0 radical (unpaired) electrons. The number of nitrogens with zero attached hydrogens (tertiary/aromatic N) is 1. The first-order valence-corrected chi connectivity index (χ1v) is 13.1. The zero-order valence-electron chi connectivity index (χ0n) is 16.1. The fraction of sp³-hybridized carbons (Fsp3) is 1.00. The van der Waals surface area contributed by atoms with Gasteiger partial charge in [0.2, 0.25) is 0 Å². The van der Waals surface area contributed by atoms with Crippen molar-refractivity contribution in [3.8, 4) is 0 Å². The molecule has 5 heteroatoms. The van der Waals surface area contributed by atoms with Gasteiger partial charge in [-0.05, 0) is 49.2 Å². The lowest BCUT2D eigenvalue weighted by Crippen LogP contribution is -2.58. The van der Waals surface area contributed by atoms with Gasteiger partial charge < -0.3 is 13.4 Å². The zero-order chi connectivity index (χ0) is 16.8. The summed E-state index contributed by atoms with van der Waals surface area (Å²) in [6.45, 7) is 17.9. The van der Waals surface area contributed by atoms with Gasteiger partial charge in [0.15, 0.2) is 0 Å². The van der Waals surface area contributed by atoms with Crippen molar-refractivity contribution in [2.75, 3.05) is 27.8 Å². The standard InChI is InChI=1S/C16H39NO2Si2/c1-14(2)21(15(3)4,16(5)6)17(7)12-11-13-20(10,18-8)19-9/h14-16H,11-13H2,1-10H3. The molecule has 0 saturated heterocycles. The molecule has 3 nitrogen and oxygen atoms in total. The van der Waals surface area contributed by atoms with E-state index in [2.05, 4.69) is 59.7 Å². The fourth-order valence-electron chi connectivity index (χ4n) is 4.44. The van der Waals surface area contributed by atoms with Crippen LogP contribution in [0.3, 0.4) is 0 Å². The van der Waals surface area contributed by atoms with Crippen LogP contribution in [0, 0.1) is 0 Å². The molecule has 0 fully saturated rings. The normalized spacial score (nSPS) is 14.0. The summed E-state index contributed by atoms with van der Waals surface area (Å²) in [6, 6.07) is 1.07. The second-order valence-corrected chi connectivity index (χ2v) is 17.0. The molecular weight excluding hydrogens is 294 g/mol. The number of hydrogen-bond acceptors (Lipinski definition) is 3. The Bertz CT molecular complexity index is 270. The Morgan fingerprint density at radius 2 is 1.24 bits per heavy atom. The highest BCUT2D eigenvalue weighted by Gasteiger charge is 2.46. The average molecular weight is 334 g/mol. The van der Waals surface area contributed by atoms with Gasteiger partial charge in [0.25, 0.3) is 0 Å². The van der Waals surface area contributed by atoms with E-state index in [1.807, 2.05) is 0 Å². The minimum Gasteiger partial charge on any atom is -0.398 e. The Morgan fingerprint density at radius 3 is 1.52 bits per heavy atom. The molecule has 0 spiro atoms. The first-order chi connectivity index (χ1) is 9.58. The van der Waals surface area contributed by atoms with Gasteiger partial charge in [-0.25, -0.2) is 0 Å². The Labute approximate surface area is 135 Å². The van der Waals surface area contributed by atoms with E-state index in [4.69, 9.17) is 8.85 Å². The number of rotatable bonds is 10. The third-order valence-electron chi connectivity index (χ3n) is 5.42. The first-order valence-electron chi connectivity index (χ1n) is 8.40. The van der Waals surface area contributed by atoms with Crippen molar-refractivity contribution >= 4 is 16.8 Å². The summed E-state index contributed by atoms with van der Waals surface area (Å²) in [4.78, 5) is 0. The molecule has 0 heterocycles. The Morgan fingerprint density at radius 1 is 0.857 bits per heavy atom. The van der Waals surface area contributed by atoms with Gasteiger partial charge in [-0.3, -0.25) is 0 Å². The molecule has 0 aromatic carbocycles. The summed E-state index contributed by atoms with van der Waals surface area (Å²) in [5, 5.41) is 0. The van der Waals surface area contributed by atoms with Crippen LogP contribution in [0.25, 0.3) is 0 Å². The maximum absolute atomic E-state index is 5.61. The maximum atomic E-state index is 5.61. The summed E-state index contributed by atoms with van der Waals surface area (Å²) in [5.41, 5.74) is 2.32. The van der Waals surface area contributed by atoms with Crippen LogP contribution < -0.4 is 0 Å². The second kappa shape index (κ2) is 8.82. The summed E-state index contributed by atoms with van der Waals surface area (Å²) in [6.07, 6.45) is 1.17. The van der Waals surface area contributed by atoms with Crippen molar-refractivity contribution in [1.82, 2.24) is 4.57 Å². The van der Waals surface area contributed by atoms with Crippen molar-refractivity contribution in [2.24, 2.45) is 0 Å². The molecule has 0 atom stereocenters. The highest BCUT2D eigenvalue weighted by molar-refractivity contribution is 6.80. The smallest absolute Gasteiger partial charge is 0.334 e. The third kappa shape index (κ3) is 4.89. The molecule has 0 aliphatic heterocycles. The van der Waals surface area contributed by atoms with Crippen LogP contribution in [-0.2, 0) is 8.85 Å². The molecule has 21 heavy (non-hydrogen) atoms. The molecule has 128 valence electrons. The lowest BCUT2D eigenvalue weighted by molar-refractivity contribution is 0.247. The summed E-state index contributed by atoms with van der Waals surface area (Å²) >= 11 is 0.